The third-order valence-electron chi connectivity index (χ3n) is 3.30. The van der Waals surface area contributed by atoms with Crippen molar-refractivity contribution in [2.24, 2.45) is 0 Å². The minimum Gasteiger partial charge on any atom is -0.497 e. The van der Waals surface area contributed by atoms with E-state index in [0.717, 1.165) is 12.1 Å². The van der Waals surface area contributed by atoms with Crippen LogP contribution in [0.2, 0.25) is 0 Å². The van der Waals surface area contributed by atoms with Crippen LogP contribution in [0, 0.1) is 0 Å². The number of morpholine rings is 1. The molecule has 0 bridgehead atoms. The number of nitrogens with zero attached hydrogens (tertiary/aromatic N) is 2. The number of hydrogen-bond acceptors (Lipinski definition) is 7. The number of benzene rings is 1. The molecule has 2 aromatic rings. The maximum atomic E-state index is 5.61. The van der Waals surface area contributed by atoms with Crippen molar-refractivity contribution in [3.8, 4) is 23.0 Å². The molecule has 1 unspecified atom stereocenters. The van der Waals surface area contributed by atoms with E-state index < -0.39 is 0 Å². The van der Waals surface area contributed by atoms with Crippen LogP contribution in [0.5, 0.6) is 11.5 Å². The van der Waals surface area contributed by atoms with E-state index in [9.17, 15) is 0 Å². The minimum absolute atomic E-state index is 0.180. The van der Waals surface area contributed by atoms with Crippen LogP contribution in [0.1, 0.15) is 11.9 Å². The van der Waals surface area contributed by atoms with Crippen LogP contribution in [0.15, 0.2) is 22.7 Å². The van der Waals surface area contributed by atoms with Gasteiger partial charge in [-0.2, -0.15) is 4.98 Å². The molecule has 0 spiro atoms. The zero-order chi connectivity index (χ0) is 14.7. The third-order valence-corrected chi connectivity index (χ3v) is 3.30. The fourth-order valence-electron chi connectivity index (χ4n) is 2.18. The Kier molecular flexibility index (Phi) is 4.03. The van der Waals surface area contributed by atoms with Gasteiger partial charge in [0.05, 0.1) is 26.4 Å². The van der Waals surface area contributed by atoms with Gasteiger partial charge in [0, 0.05) is 19.2 Å². The van der Waals surface area contributed by atoms with Crippen LogP contribution in [-0.4, -0.2) is 44.1 Å². The summed E-state index contributed by atoms with van der Waals surface area (Å²) in [6, 6.07) is 5.42. The monoisotopic (exact) mass is 291 g/mol. The largest absolute Gasteiger partial charge is 0.497 e. The maximum Gasteiger partial charge on any atom is 0.261 e. The Balaban J connectivity index is 1.88. The highest BCUT2D eigenvalue weighted by Crippen LogP contribution is 2.32. The Morgan fingerprint density at radius 1 is 1.29 bits per heavy atom. The molecule has 1 aromatic heterocycles. The predicted molar refractivity (Wildman–Crippen MR) is 74.4 cm³/mol. The van der Waals surface area contributed by atoms with Gasteiger partial charge in [-0.25, -0.2) is 0 Å². The lowest BCUT2D eigenvalue weighted by atomic mass is 10.2. The molecule has 1 saturated heterocycles. The molecule has 1 aliphatic heterocycles. The molecule has 0 radical (unpaired) electrons. The minimum atomic E-state index is -0.180. The molecule has 2 heterocycles. The Hall–Kier alpha value is -2.12. The highest BCUT2D eigenvalue weighted by molar-refractivity contribution is 5.64. The molecule has 112 valence electrons. The van der Waals surface area contributed by atoms with Crippen molar-refractivity contribution in [3.63, 3.8) is 0 Å². The normalized spacial score (nSPS) is 18.5. The van der Waals surface area contributed by atoms with Gasteiger partial charge in [-0.05, 0) is 12.1 Å². The molecule has 0 saturated carbocycles. The number of nitrogens with one attached hydrogen (secondary N) is 1. The second-order valence-corrected chi connectivity index (χ2v) is 4.59. The number of rotatable bonds is 4. The van der Waals surface area contributed by atoms with E-state index in [2.05, 4.69) is 15.5 Å². The van der Waals surface area contributed by atoms with Crippen LogP contribution in [-0.2, 0) is 4.74 Å². The first kappa shape index (κ1) is 13.8. The Morgan fingerprint density at radius 2 is 2.19 bits per heavy atom. The fraction of sp³-hybridized carbons (Fsp3) is 0.429. The van der Waals surface area contributed by atoms with Gasteiger partial charge in [-0.15, -0.1) is 0 Å². The van der Waals surface area contributed by atoms with Gasteiger partial charge in [0.15, 0.2) is 0 Å². The molecule has 1 N–H and O–H groups in total. The molecule has 1 aromatic carbocycles. The van der Waals surface area contributed by atoms with Crippen LogP contribution in [0.4, 0.5) is 0 Å². The Bertz CT molecular complexity index is 608. The summed E-state index contributed by atoms with van der Waals surface area (Å²) < 4.78 is 21.5. The topological polar surface area (TPSA) is 78.6 Å². The summed E-state index contributed by atoms with van der Waals surface area (Å²) in [4.78, 5) is 4.40. The van der Waals surface area contributed by atoms with Crippen LogP contribution in [0.25, 0.3) is 11.5 Å². The SMILES string of the molecule is COc1ccc(-c2nc(C3CNCCO3)no2)c(OC)c1. The summed E-state index contributed by atoms with van der Waals surface area (Å²) >= 11 is 0. The van der Waals surface area contributed by atoms with Crippen LogP contribution >= 0.6 is 0 Å². The van der Waals surface area contributed by atoms with Crippen molar-refractivity contribution in [2.45, 2.75) is 6.10 Å². The average molecular weight is 291 g/mol. The number of hydrogen-bond donors (Lipinski definition) is 1. The molecule has 0 aliphatic carbocycles. The van der Waals surface area contributed by atoms with E-state index in [1.165, 1.54) is 0 Å². The first-order valence-corrected chi connectivity index (χ1v) is 6.70. The lowest BCUT2D eigenvalue weighted by Gasteiger charge is -2.20. The number of aromatic nitrogens is 2. The highest BCUT2D eigenvalue weighted by Gasteiger charge is 2.23. The summed E-state index contributed by atoms with van der Waals surface area (Å²) in [5, 5.41) is 7.23. The van der Waals surface area contributed by atoms with Gasteiger partial charge in [-0.3, -0.25) is 0 Å². The van der Waals surface area contributed by atoms with Gasteiger partial charge >= 0.3 is 0 Å². The van der Waals surface area contributed by atoms with Crippen molar-refractivity contribution in [2.75, 3.05) is 33.9 Å². The summed E-state index contributed by atoms with van der Waals surface area (Å²) in [5.74, 6) is 2.26. The van der Waals surface area contributed by atoms with E-state index in [-0.39, 0.29) is 6.10 Å². The smallest absolute Gasteiger partial charge is 0.261 e. The molecule has 0 amide bonds. The molecular weight excluding hydrogens is 274 g/mol. The fourth-order valence-corrected chi connectivity index (χ4v) is 2.18. The van der Waals surface area contributed by atoms with E-state index in [1.807, 2.05) is 12.1 Å². The third kappa shape index (κ3) is 2.84. The van der Waals surface area contributed by atoms with E-state index in [4.69, 9.17) is 18.7 Å². The predicted octanol–water partition coefficient (Wildman–Crippen LogP) is 1.41. The highest BCUT2D eigenvalue weighted by atomic mass is 16.5. The van der Waals surface area contributed by atoms with Gasteiger partial charge in [-0.1, -0.05) is 5.16 Å². The zero-order valence-corrected chi connectivity index (χ0v) is 12.0. The Morgan fingerprint density at radius 3 is 2.90 bits per heavy atom. The maximum absolute atomic E-state index is 5.61. The van der Waals surface area contributed by atoms with Crippen molar-refractivity contribution in [3.05, 3.63) is 24.0 Å². The first-order chi connectivity index (χ1) is 10.3. The van der Waals surface area contributed by atoms with Crippen molar-refractivity contribution < 1.29 is 18.7 Å². The first-order valence-electron chi connectivity index (χ1n) is 6.70. The average Bonchev–Trinajstić information content (AvgIpc) is 3.04. The van der Waals surface area contributed by atoms with Crippen molar-refractivity contribution in [1.29, 1.82) is 0 Å². The number of ether oxygens (including phenoxy) is 3. The van der Waals surface area contributed by atoms with Gasteiger partial charge in [0.2, 0.25) is 5.82 Å². The molecule has 1 aliphatic rings. The standard InChI is InChI=1S/C14H17N3O4/c1-18-9-3-4-10(11(7-9)19-2)14-16-13(17-21-14)12-8-15-5-6-20-12/h3-4,7,12,15H,5-6,8H2,1-2H3. The molecule has 7 nitrogen and oxygen atoms in total. The summed E-state index contributed by atoms with van der Waals surface area (Å²) in [5.41, 5.74) is 0.723. The molecule has 1 atom stereocenters. The lowest BCUT2D eigenvalue weighted by molar-refractivity contribution is 0.0208. The molecule has 1 fully saturated rings. The van der Waals surface area contributed by atoms with E-state index >= 15 is 0 Å². The molecule has 21 heavy (non-hydrogen) atoms. The van der Waals surface area contributed by atoms with Crippen LogP contribution in [0.3, 0.4) is 0 Å². The summed E-state index contributed by atoms with van der Waals surface area (Å²) in [7, 11) is 3.19. The van der Waals surface area contributed by atoms with Gasteiger partial charge in [0.25, 0.3) is 5.89 Å². The van der Waals surface area contributed by atoms with Gasteiger partial charge in [0.1, 0.15) is 17.6 Å². The Labute approximate surface area is 122 Å². The second-order valence-electron chi connectivity index (χ2n) is 4.59. The van der Waals surface area contributed by atoms with Crippen molar-refractivity contribution in [1.82, 2.24) is 15.5 Å². The number of methoxy groups -OCH3 is 2. The van der Waals surface area contributed by atoms with Gasteiger partial charge < -0.3 is 24.1 Å². The molecular formula is C14H17N3O4. The quantitative estimate of drug-likeness (QED) is 0.912. The van der Waals surface area contributed by atoms with E-state index in [0.29, 0.717) is 36.4 Å². The van der Waals surface area contributed by atoms with Crippen molar-refractivity contribution >= 4 is 0 Å². The summed E-state index contributed by atoms with van der Waals surface area (Å²) in [6.07, 6.45) is -0.180. The second kappa shape index (κ2) is 6.11. The van der Waals surface area contributed by atoms with Crippen LogP contribution < -0.4 is 14.8 Å². The zero-order valence-electron chi connectivity index (χ0n) is 12.0. The molecule has 3 rings (SSSR count). The van der Waals surface area contributed by atoms with E-state index in [1.54, 1.807) is 20.3 Å². The lowest BCUT2D eigenvalue weighted by Crippen LogP contribution is -2.33. The molecule has 7 heteroatoms. The summed E-state index contributed by atoms with van der Waals surface area (Å²) in [6.45, 7) is 2.16.